The molecule has 1 fully saturated rings. The predicted octanol–water partition coefficient (Wildman–Crippen LogP) is 2.13. The molecule has 0 aromatic heterocycles. The third kappa shape index (κ3) is 1.92. The number of benzene rings is 1. The summed E-state index contributed by atoms with van der Waals surface area (Å²) in [5.41, 5.74) is 1.21. The van der Waals surface area contributed by atoms with Gasteiger partial charge in [0, 0.05) is 11.6 Å². The zero-order valence-electron chi connectivity index (χ0n) is 9.25. The number of hydrogen-bond acceptors (Lipinski definition) is 3. The molecule has 82 valence electrons. The van der Waals surface area contributed by atoms with Gasteiger partial charge in [-0.2, -0.15) is 0 Å². The van der Waals surface area contributed by atoms with Crippen molar-refractivity contribution in [3.05, 3.63) is 23.8 Å². The summed E-state index contributed by atoms with van der Waals surface area (Å²) in [7, 11) is 1.68. The molecule has 1 N–H and O–H groups in total. The van der Waals surface area contributed by atoms with Crippen molar-refractivity contribution < 1.29 is 9.47 Å². The van der Waals surface area contributed by atoms with Crippen LogP contribution in [0.5, 0.6) is 11.5 Å². The summed E-state index contributed by atoms with van der Waals surface area (Å²) in [6.45, 7) is 3.75. The third-order valence-electron chi connectivity index (χ3n) is 2.72. The Morgan fingerprint density at radius 1 is 1.47 bits per heavy atom. The van der Waals surface area contributed by atoms with Gasteiger partial charge in [0.25, 0.3) is 0 Å². The predicted molar refractivity (Wildman–Crippen MR) is 59.5 cm³/mol. The van der Waals surface area contributed by atoms with E-state index in [0.717, 1.165) is 18.0 Å². The zero-order chi connectivity index (χ0) is 10.7. The standard InChI is InChI=1S/C12H17NO2/c1-3-15-12-9(10-7-8-13-10)5-4-6-11(12)14-2/h4-6,10,13H,3,7-8H2,1-2H3. The number of hydrogen-bond donors (Lipinski definition) is 1. The summed E-state index contributed by atoms with van der Waals surface area (Å²) < 4.78 is 11.0. The maximum Gasteiger partial charge on any atom is 0.165 e. The van der Waals surface area contributed by atoms with E-state index in [-0.39, 0.29) is 0 Å². The molecule has 0 bridgehead atoms. The molecule has 1 aromatic rings. The first-order chi connectivity index (χ1) is 7.36. The maximum absolute atomic E-state index is 5.65. The van der Waals surface area contributed by atoms with E-state index in [1.165, 1.54) is 12.0 Å². The van der Waals surface area contributed by atoms with Crippen LogP contribution in [0.4, 0.5) is 0 Å². The van der Waals surface area contributed by atoms with Gasteiger partial charge in [-0.15, -0.1) is 0 Å². The van der Waals surface area contributed by atoms with E-state index in [4.69, 9.17) is 9.47 Å². The Hall–Kier alpha value is -1.22. The highest BCUT2D eigenvalue weighted by Gasteiger charge is 2.23. The van der Waals surface area contributed by atoms with E-state index < -0.39 is 0 Å². The van der Waals surface area contributed by atoms with Crippen LogP contribution in [0.15, 0.2) is 18.2 Å². The summed E-state index contributed by atoms with van der Waals surface area (Å²) in [5.74, 6) is 1.71. The quantitative estimate of drug-likeness (QED) is 0.820. The highest BCUT2D eigenvalue weighted by Crippen LogP contribution is 2.37. The van der Waals surface area contributed by atoms with Gasteiger partial charge >= 0.3 is 0 Å². The maximum atomic E-state index is 5.65. The molecule has 0 saturated carbocycles. The summed E-state index contributed by atoms with van der Waals surface area (Å²) >= 11 is 0. The lowest BCUT2D eigenvalue weighted by Crippen LogP contribution is -2.35. The third-order valence-corrected chi connectivity index (χ3v) is 2.72. The van der Waals surface area contributed by atoms with Gasteiger partial charge in [0.2, 0.25) is 0 Å². The summed E-state index contributed by atoms with van der Waals surface area (Å²) in [5, 5.41) is 3.38. The molecule has 15 heavy (non-hydrogen) atoms. The molecule has 3 nitrogen and oxygen atoms in total. The first-order valence-corrected chi connectivity index (χ1v) is 5.40. The van der Waals surface area contributed by atoms with E-state index >= 15 is 0 Å². The Bertz CT molecular complexity index is 334. The Morgan fingerprint density at radius 3 is 2.80 bits per heavy atom. The molecule has 1 aliphatic rings. The molecule has 1 saturated heterocycles. The van der Waals surface area contributed by atoms with E-state index in [1.807, 2.05) is 19.1 Å². The summed E-state index contributed by atoms with van der Waals surface area (Å²) in [4.78, 5) is 0. The van der Waals surface area contributed by atoms with Crippen molar-refractivity contribution in [1.29, 1.82) is 0 Å². The molecule has 3 heteroatoms. The molecule has 1 unspecified atom stereocenters. The second-order valence-electron chi connectivity index (χ2n) is 3.61. The van der Waals surface area contributed by atoms with Crippen molar-refractivity contribution >= 4 is 0 Å². The minimum atomic E-state index is 0.432. The highest BCUT2D eigenvalue weighted by atomic mass is 16.5. The Labute approximate surface area is 90.4 Å². The van der Waals surface area contributed by atoms with Gasteiger partial charge in [0.15, 0.2) is 11.5 Å². The minimum Gasteiger partial charge on any atom is -0.493 e. The lowest BCUT2D eigenvalue weighted by Gasteiger charge is -2.30. The van der Waals surface area contributed by atoms with Crippen molar-refractivity contribution in [2.24, 2.45) is 0 Å². The van der Waals surface area contributed by atoms with Gasteiger partial charge in [-0.3, -0.25) is 0 Å². The number of methoxy groups -OCH3 is 1. The normalized spacial score (nSPS) is 19.5. The highest BCUT2D eigenvalue weighted by molar-refractivity contribution is 5.48. The zero-order valence-corrected chi connectivity index (χ0v) is 9.25. The van der Waals surface area contributed by atoms with Crippen molar-refractivity contribution in [2.45, 2.75) is 19.4 Å². The first kappa shape index (κ1) is 10.3. The van der Waals surface area contributed by atoms with Crippen LogP contribution in [-0.4, -0.2) is 20.3 Å². The number of nitrogens with one attached hydrogen (secondary N) is 1. The van der Waals surface area contributed by atoms with Crippen molar-refractivity contribution in [2.75, 3.05) is 20.3 Å². The lowest BCUT2D eigenvalue weighted by atomic mass is 9.97. The molecule has 1 heterocycles. The van der Waals surface area contributed by atoms with Crippen molar-refractivity contribution in [1.82, 2.24) is 5.32 Å². The van der Waals surface area contributed by atoms with Crippen LogP contribution >= 0.6 is 0 Å². The molecule has 1 aliphatic heterocycles. The van der Waals surface area contributed by atoms with Crippen LogP contribution in [0.2, 0.25) is 0 Å². The number of para-hydroxylation sites is 1. The van der Waals surface area contributed by atoms with Gasteiger partial charge in [0.05, 0.1) is 13.7 Å². The van der Waals surface area contributed by atoms with Crippen LogP contribution < -0.4 is 14.8 Å². The molecule has 0 spiro atoms. The number of ether oxygens (including phenoxy) is 2. The molecule has 0 radical (unpaired) electrons. The van der Waals surface area contributed by atoms with Crippen LogP contribution in [-0.2, 0) is 0 Å². The molecule has 1 aromatic carbocycles. The average Bonchev–Trinajstić information content (AvgIpc) is 2.18. The molecule has 0 amide bonds. The fourth-order valence-electron chi connectivity index (χ4n) is 1.82. The minimum absolute atomic E-state index is 0.432. The van der Waals surface area contributed by atoms with Gasteiger partial charge < -0.3 is 14.8 Å². The van der Waals surface area contributed by atoms with Gasteiger partial charge in [-0.25, -0.2) is 0 Å². The molecule has 0 aliphatic carbocycles. The van der Waals surface area contributed by atoms with Gasteiger partial charge in [-0.1, -0.05) is 12.1 Å². The Morgan fingerprint density at radius 2 is 2.27 bits per heavy atom. The largest absolute Gasteiger partial charge is 0.493 e. The van der Waals surface area contributed by atoms with E-state index in [9.17, 15) is 0 Å². The summed E-state index contributed by atoms with van der Waals surface area (Å²) in [6, 6.07) is 6.48. The summed E-state index contributed by atoms with van der Waals surface area (Å²) in [6.07, 6.45) is 1.17. The molecule has 1 atom stereocenters. The van der Waals surface area contributed by atoms with Gasteiger partial charge in [0.1, 0.15) is 0 Å². The monoisotopic (exact) mass is 207 g/mol. The van der Waals surface area contributed by atoms with Crippen LogP contribution in [0.1, 0.15) is 24.9 Å². The fraction of sp³-hybridized carbons (Fsp3) is 0.500. The first-order valence-electron chi connectivity index (χ1n) is 5.40. The smallest absolute Gasteiger partial charge is 0.165 e. The van der Waals surface area contributed by atoms with E-state index in [0.29, 0.717) is 12.6 Å². The second kappa shape index (κ2) is 4.53. The fourth-order valence-corrected chi connectivity index (χ4v) is 1.82. The van der Waals surface area contributed by atoms with Crippen LogP contribution in [0.3, 0.4) is 0 Å². The van der Waals surface area contributed by atoms with Crippen molar-refractivity contribution in [3.8, 4) is 11.5 Å². The molecule has 2 rings (SSSR count). The Kier molecular flexibility index (Phi) is 3.11. The topological polar surface area (TPSA) is 30.5 Å². The second-order valence-corrected chi connectivity index (χ2v) is 3.61. The average molecular weight is 207 g/mol. The van der Waals surface area contributed by atoms with Crippen molar-refractivity contribution in [3.63, 3.8) is 0 Å². The van der Waals surface area contributed by atoms with Crippen LogP contribution in [0, 0.1) is 0 Å². The van der Waals surface area contributed by atoms with E-state index in [2.05, 4.69) is 11.4 Å². The Balaban J connectivity index is 2.33. The van der Waals surface area contributed by atoms with Gasteiger partial charge in [-0.05, 0) is 26.0 Å². The van der Waals surface area contributed by atoms with Crippen LogP contribution in [0.25, 0.3) is 0 Å². The molecular weight excluding hydrogens is 190 g/mol. The molecular formula is C12H17NO2. The SMILES string of the molecule is CCOc1c(OC)cccc1C1CCN1. The lowest BCUT2D eigenvalue weighted by molar-refractivity contribution is 0.293. The van der Waals surface area contributed by atoms with E-state index in [1.54, 1.807) is 7.11 Å². The number of rotatable bonds is 4.